The molecule has 2 unspecified atom stereocenters. The number of aliphatic hydroxyl groups excluding tert-OH is 3. The second kappa shape index (κ2) is 13.9. The van der Waals surface area contributed by atoms with E-state index in [1.54, 1.807) is 0 Å². The van der Waals surface area contributed by atoms with Crippen LogP contribution in [0.3, 0.4) is 0 Å². The Kier molecular flexibility index (Phi) is 10.6. The molecular weight excluding hydrogens is 715 g/mol. The van der Waals surface area contributed by atoms with Crippen molar-refractivity contribution in [2.24, 2.45) is 5.73 Å². The molecule has 5 heterocycles. The van der Waals surface area contributed by atoms with Gasteiger partial charge in [0.2, 0.25) is 5.91 Å². The Labute approximate surface area is 268 Å². The molecule has 1 amide bonds. The normalized spacial score (nSPS) is 31.9. The summed E-state index contributed by atoms with van der Waals surface area (Å²) in [6.07, 6.45) is -6.47. The number of nitrogens with two attached hydrogens (primary N) is 2. The molecule has 0 spiro atoms. The number of aliphatic hydroxyl groups is 3. The number of ether oxygens (including phenoxy) is 2. The molecule has 11 N–H and O–H groups in total. The van der Waals surface area contributed by atoms with Crippen LogP contribution in [0.5, 0.6) is 0 Å². The third kappa shape index (κ3) is 8.17. The van der Waals surface area contributed by atoms with Gasteiger partial charge in [-0.2, -0.15) is 4.31 Å². The lowest BCUT2D eigenvalue weighted by Gasteiger charge is -2.28. The molecule has 27 heteroatoms. The lowest BCUT2D eigenvalue weighted by atomic mass is 10.1. The first-order valence-corrected chi connectivity index (χ1v) is 18.0. The Morgan fingerprint density at radius 3 is 2.19 bits per heavy atom. The van der Waals surface area contributed by atoms with Crippen molar-refractivity contribution in [3.63, 3.8) is 0 Å². The Bertz CT molecular complexity index is 1740. The minimum absolute atomic E-state index is 0.00424. The Morgan fingerprint density at radius 1 is 0.938 bits per heavy atom. The van der Waals surface area contributed by atoms with Crippen LogP contribution in [0.4, 0.5) is 5.82 Å². The van der Waals surface area contributed by atoms with E-state index in [-0.39, 0.29) is 29.0 Å². The molecular formula is C21H30N7O17P3. The summed E-state index contributed by atoms with van der Waals surface area (Å²) in [5.41, 5.74) is 11.3. The number of rotatable bonds is 13. The van der Waals surface area contributed by atoms with E-state index in [2.05, 4.69) is 23.8 Å². The van der Waals surface area contributed by atoms with Crippen molar-refractivity contribution < 1.29 is 80.7 Å². The summed E-state index contributed by atoms with van der Waals surface area (Å²) in [5.74, 6) is -0.791. The lowest BCUT2D eigenvalue weighted by Crippen LogP contribution is -2.40. The molecule has 48 heavy (non-hydrogen) atoms. The van der Waals surface area contributed by atoms with Crippen LogP contribution < -0.4 is 11.5 Å². The summed E-state index contributed by atoms with van der Waals surface area (Å²) in [6, 6.07) is 0. The number of phosphoric ester groups is 3. The molecule has 0 bridgehead atoms. The maximum absolute atomic E-state index is 12.6. The molecule has 2 aromatic rings. The zero-order chi connectivity index (χ0) is 35.2. The highest BCUT2D eigenvalue weighted by atomic mass is 31.3. The molecule has 3 aliphatic heterocycles. The summed E-state index contributed by atoms with van der Waals surface area (Å²) in [7, 11) is -16.3. The maximum Gasteiger partial charge on any atom is 0.481 e. The standard InChI is InChI=1S/C21H30N7O17P3/c22-17-12-19(25-7-24-17)28(8-26-12)21-16(44-46(33,34)35)14(30)11(43-21)6-41-48(38,39)45-47(36,37)40-5-10-13(29)15(31)20(42-10)27-3-1-2-9(4-27)18(23)32/h1,3-4,7-8,10-11,13-16,20-21,29-31H,2,5-6H2,(H2,23,32)(H,36,37)(H,38,39)(H2,22,24,25)(H2,33,34,35)/t10-,11-,13-,14-,15-,16+,20-,21-/m1/s1. The number of nitrogens with zero attached hydrogens (tertiary/aromatic N) is 5. The number of hydrogen-bond donors (Lipinski definition) is 9. The first-order chi connectivity index (χ1) is 22.4. The number of amides is 1. The highest BCUT2D eigenvalue weighted by Crippen LogP contribution is 2.61. The van der Waals surface area contributed by atoms with Crippen LogP contribution >= 0.6 is 23.5 Å². The second-order valence-corrected chi connectivity index (χ2v) is 14.6. The van der Waals surface area contributed by atoms with E-state index in [1.165, 1.54) is 23.4 Å². The third-order valence-electron chi connectivity index (χ3n) is 7.11. The summed E-state index contributed by atoms with van der Waals surface area (Å²) in [4.78, 5) is 63.4. The fourth-order valence-corrected chi connectivity index (χ4v) is 7.57. The smallest absolute Gasteiger partial charge is 0.387 e. The lowest BCUT2D eigenvalue weighted by molar-refractivity contribution is -0.115. The monoisotopic (exact) mass is 745 g/mol. The Hall–Kier alpha value is -2.73. The highest BCUT2D eigenvalue weighted by Gasteiger charge is 2.51. The van der Waals surface area contributed by atoms with Crippen molar-refractivity contribution in [2.75, 3.05) is 18.9 Å². The maximum atomic E-state index is 12.6. The summed E-state index contributed by atoms with van der Waals surface area (Å²) >= 11 is 0. The number of allylic oxidation sites excluding steroid dienone is 1. The number of nitrogen functional groups attached to an aromatic ring is 1. The third-order valence-corrected chi connectivity index (χ3v) is 10.2. The predicted octanol–water partition coefficient (Wildman–Crippen LogP) is -2.57. The molecule has 0 radical (unpaired) electrons. The van der Waals surface area contributed by atoms with Crippen molar-refractivity contribution in [3.8, 4) is 0 Å². The molecule has 2 fully saturated rings. The zero-order valence-corrected chi connectivity index (χ0v) is 26.8. The first kappa shape index (κ1) is 36.5. The molecule has 0 aliphatic carbocycles. The quantitative estimate of drug-likeness (QED) is 0.0951. The number of carbonyl (C=O) groups is 1. The summed E-state index contributed by atoms with van der Waals surface area (Å²) < 4.78 is 67.2. The van der Waals surface area contributed by atoms with Crippen LogP contribution in [0.25, 0.3) is 11.2 Å². The van der Waals surface area contributed by atoms with Crippen molar-refractivity contribution in [1.82, 2.24) is 24.4 Å². The second-order valence-electron chi connectivity index (χ2n) is 10.4. The predicted molar refractivity (Wildman–Crippen MR) is 153 cm³/mol. The van der Waals surface area contributed by atoms with Gasteiger partial charge in [-0.1, -0.05) is 6.08 Å². The van der Waals surface area contributed by atoms with Gasteiger partial charge in [0.25, 0.3) is 0 Å². The van der Waals surface area contributed by atoms with Gasteiger partial charge in [-0.05, 0) is 6.42 Å². The van der Waals surface area contributed by atoms with Crippen molar-refractivity contribution in [2.45, 2.75) is 55.5 Å². The molecule has 0 saturated carbocycles. The first-order valence-electron chi connectivity index (χ1n) is 13.5. The van der Waals surface area contributed by atoms with E-state index in [4.69, 9.17) is 30.0 Å². The minimum atomic E-state index is -5.52. The van der Waals surface area contributed by atoms with Crippen LogP contribution in [0, 0.1) is 0 Å². The van der Waals surface area contributed by atoms with E-state index in [1.807, 2.05) is 0 Å². The number of hydrogen-bond acceptors (Lipinski definition) is 18. The molecule has 10 atom stereocenters. The number of anilines is 1. The number of aromatic nitrogens is 4. The van der Waals surface area contributed by atoms with E-state index < -0.39 is 91.7 Å². The topological polar surface area (TPSA) is 364 Å². The highest BCUT2D eigenvalue weighted by molar-refractivity contribution is 7.61. The molecule has 266 valence electrons. The van der Waals surface area contributed by atoms with Crippen molar-refractivity contribution in [1.29, 1.82) is 0 Å². The Morgan fingerprint density at radius 2 is 1.56 bits per heavy atom. The Balaban J connectivity index is 1.20. The van der Waals surface area contributed by atoms with Crippen LogP contribution in [-0.4, -0.2) is 121 Å². The van der Waals surface area contributed by atoms with Gasteiger partial charge in [-0.15, -0.1) is 0 Å². The molecule has 3 aliphatic rings. The summed E-state index contributed by atoms with van der Waals surface area (Å²) in [5, 5.41) is 31.5. The average Bonchev–Trinajstić information content (AvgIpc) is 3.64. The van der Waals surface area contributed by atoms with Crippen molar-refractivity contribution in [3.05, 3.63) is 36.7 Å². The molecule has 5 rings (SSSR count). The zero-order valence-electron chi connectivity index (χ0n) is 24.1. The van der Waals surface area contributed by atoms with Crippen LogP contribution in [0.15, 0.2) is 36.7 Å². The van der Waals surface area contributed by atoms with Gasteiger partial charge < -0.3 is 60.7 Å². The van der Waals surface area contributed by atoms with Gasteiger partial charge in [-0.3, -0.25) is 22.9 Å². The number of imidazole rings is 1. The SMILES string of the molecule is NC(=O)C1=CN([C@@H]2O[C@H](COP(=O)(O)OP(=O)(O)OC[C@H]3O[C@@H](n4cnc5c(N)ncnc54)[C@@H](OP(=O)(O)O)[C@@H]3O)[C@@H](O)[C@H]2O)C=CC1. The van der Waals surface area contributed by atoms with Gasteiger partial charge in [-0.25, -0.2) is 28.6 Å². The number of primary amides is 1. The number of carbonyl (C=O) groups excluding carboxylic acids is 1. The van der Waals surface area contributed by atoms with Crippen LogP contribution in [0.2, 0.25) is 0 Å². The van der Waals surface area contributed by atoms with E-state index >= 15 is 0 Å². The van der Waals surface area contributed by atoms with Gasteiger partial charge in [0.05, 0.1) is 19.5 Å². The van der Waals surface area contributed by atoms with Crippen LogP contribution in [-0.2, 0) is 45.8 Å². The van der Waals surface area contributed by atoms with Gasteiger partial charge >= 0.3 is 23.5 Å². The minimum Gasteiger partial charge on any atom is -0.387 e. The number of phosphoric acid groups is 3. The number of fused-ring (bicyclic) bond motifs is 1. The molecule has 2 saturated heterocycles. The molecule has 24 nitrogen and oxygen atoms in total. The summed E-state index contributed by atoms with van der Waals surface area (Å²) in [6.45, 7) is -2.02. The molecule has 0 aromatic carbocycles. The van der Waals surface area contributed by atoms with Crippen LogP contribution in [0.1, 0.15) is 12.6 Å². The van der Waals surface area contributed by atoms with Gasteiger partial charge in [0.15, 0.2) is 23.9 Å². The van der Waals surface area contributed by atoms with Crippen molar-refractivity contribution >= 4 is 46.4 Å². The fourth-order valence-electron chi connectivity index (χ4n) is 4.93. The van der Waals surface area contributed by atoms with E-state index in [9.17, 15) is 53.4 Å². The van der Waals surface area contributed by atoms with E-state index in [0.29, 0.717) is 0 Å². The van der Waals surface area contributed by atoms with Gasteiger partial charge in [0.1, 0.15) is 48.5 Å². The largest absolute Gasteiger partial charge is 0.481 e. The van der Waals surface area contributed by atoms with E-state index in [0.717, 1.165) is 17.2 Å². The molecule has 2 aromatic heterocycles. The fraction of sp³-hybridized carbons (Fsp3) is 0.524. The average molecular weight is 745 g/mol. The van der Waals surface area contributed by atoms with Gasteiger partial charge in [0, 0.05) is 18.0 Å².